The molecule has 0 aliphatic carbocycles. The normalized spacial score (nSPS) is 14.4. The molecule has 0 bridgehead atoms. The Morgan fingerprint density at radius 2 is 1.85 bits per heavy atom. The number of rotatable bonds is 5. The molecule has 26 heavy (non-hydrogen) atoms. The van der Waals surface area contributed by atoms with Crippen LogP contribution in [-0.4, -0.2) is 54.0 Å². The van der Waals surface area contributed by atoms with Gasteiger partial charge in [-0.05, 0) is 65.5 Å². The van der Waals surface area contributed by atoms with E-state index in [0.717, 1.165) is 3.57 Å². The van der Waals surface area contributed by atoms with Crippen LogP contribution in [0.15, 0.2) is 17.7 Å². The monoisotopic (exact) mass is 484 g/mol. The number of hydrogen-bond acceptors (Lipinski definition) is 5. The van der Waals surface area contributed by atoms with Gasteiger partial charge in [0.05, 0.1) is 10.2 Å². The van der Waals surface area contributed by atoms with Gasteiger partial charge in [-0.3, -0.25) is 19.4 Å². The Labute approximate surface area is 171 Å². The predicted octanol–water partition coefficient (Wildman–Crippen LogP) is 2.30. The van der Waals surface area contributed by atoms with E-state index in [1.54, 1.807) is 12.1 Å². The summed E-state index contributed by atoms with van der Waals surface area (Å²) in [5.41, 5.74) is 0.663. The van der Waals surface area contributed by atoms with Crippen LogP contribution < -0.4 is 9.47 Å². The van der Waals surface area contributed by atoms with Gasteiger partial charge in [0, 0.05) is 14.1 Å². The summed E-state index contributed by atoms with van der Waals surface area (Å²) in [7, 11) is 3.07. The van der Waals surface area contributed by atoms with E-state index < -0.39 is 11.8 Å². The molecule has 0 atom stereocenters. The minimum absolute atomic E-state index is 0.0270. The minimum atomic E-state index is -0.446. The molecular formula is C18H17IN2O4S. The standard InChI is InChI=1S/C18H17IN2O4S/c1-5-7-25-15-13(19)9-11(10-14(15)24-6-2)8-12-16(22)20(3)18(26)21(4)17(12)23/h1,8-10H,6-7H2,2-4H3. The molecule has 6 nitrogen and oxygen atoms in total. The van der Waals surface area contributed by atoms with Crippen LogP contribution in [0, 0.1) is 15.9 Å². The average molecular weight is 484 g/mol. The van der Waals surface area contributed by atoms with E-state index in [2.05, 4.69) is 28.5 Å². The molecule has 1 aliphatic heterocycles. The summed E-state index contributed by atoms with van der Waals surface area (Å²) >= 11 is 7.18. The Bertz CT molecular complexity index is 818. The van der Waals surface area contributed by atoms with Gasteiger partial charge in [-0.2, -0.15) is 0 Å². The van der Waals surface area contributed by atoms with Crippen molar-refractivity contribution in [1.29, 1.82) is 0 Å². The van der Waals surface area contributed by atoms with Crippen LogP contribution in [0.2, 0.25) is 0 Å². The maximum atomic E-state index is 12.4. The van der Waals surface area contributed by atoms with Crippen LogP contribution in [0.4, 0.5) is 0 Å². The van der Waals surface area contributed by atoms with Gasteiger partial charge in [-0.1, -0.05) is 5.92 Å². The molecule has 1 saturated heterocycles. The first-order valence-corrected chi connectivity index (χ1v) is 9.14. The van der Waals surface area contributed by atoms with Crippen molar-refractivity contribution in [3.05, 3.63) is 26.8 Å². The van der Waals surface area contributed by atoms with Gasteiger partial charge in [-0.15, -0.1) is 6.42 Å². The van der Waals surface area contributed by atoms with Crippen molar-refractivity contribution in [2.45, 2.75) is 6.92 Å². The zero-order chi connectivity index (χ0) is 19.4. The van der Waals surface area contributed by atoms with Crippen LogP contribution in [0.5, 0.6) is 11.5 Å². The Kier molecular flexibility index (Phi) is 6.61. The maximum Gasteiger partial charge on any atom is 0.265 e. The van der Waals surface area contributed by atoms with E-state index in [1.165, 1.54) is 30.0 Å². The van der Waals surface area contributed by atoms with Gasteiger partial charge in [0.25, 0.3) is 11.8 Å². The maximum absolute atomic E-state index is 12.4. The smallest absolute Gasteiger partial charge is 0.265 e. The number of nitrogens with zero attached hydrogens (tertiary/aromatic N) is 2. The minimum Gasteiger partial charge on any atom is -0.490 e. The van der Waals surface area contributed by atoms with Crippen molar-refractivity contribution in [1.82, 2.24) is 9.80 Å². The fourth-order valence-electron chi connectivity index (χ4n) is 2.33. The van der Waals surface area contributed by atoms with Gasteiger partial charge in [0.15, 0.2) is 16.6 Å². The molecule has 1 fully saturated rings. The highest BCUT2D eigenvalue weighted by Gasteiger charge is 2.35. The largest absolute Gasteiger partial charge is 0.490 e. The summed E-state index contributed by atoms with van der Waals surface area (Å²) in [5, 5.41) is 0.166. The number of benzene rings is 1. The molecule has 136 valence electrons. The molecule has 8 heteroatoms. The molecule has 1 aromatic rings. The molecule has 1 aliphatic rings. The first-order valence-electron chi connectivity index (χ1n) is 7.66. The van der Waals surface area contributed by atoms with E-state index in [1.807, 2.05) is 6.92 Å². The SMILES string of the molecule is C#CCOc1c(I)cc(C=C2C(=O)N(C)C(=S)N(C)C2=O)cc1OCC. The van der Waals surface area contributed by atoms with E-state index in [0.29, 0.717) is 23.7 Å². The molecular weight excluding hydrogens is 467 g/mol. The van der Waals surface area contributed by atoms with Crippen molar-refractivity contribution in [2.24, 2.45) is 0 Å². The van der Waals surface area contributed by atoms with Crippen LogP contribution in [0.25, 0.3) is 6.08 Å². The van der Waals surface area contributed by atoms with E-state index in [9.17, 15) is 9.59 Å². The Balaban J connectivity index is 2.49. The predicted molar refractivity (Wildman–Crippen MR) is 111 cm³/mol. The van der Waals surface area contributed by atoms with Crippen LogP contribution in [0.3, 0.4) is 0 Å². The van der Waals surface area contributed by atoms with Crippen molar-refractivity contribution in [3.63, 3.8) is 0 Å². The highest BCUT2D eigenvalue weighted by molar-refractivity contribution is 14.1. The fourth-order valence-corrected chi connectivity index (χ4v) is 3.28. The molecule has 0 N–H and O–H groups in total. The number of halogens is 1. The second-order valence-corrected chi connectivity index (χ2v) is 6.85. The second-order valence-electron chi connectivity index (χ2n) is 5.32. The Hall–Kier alpha value is -2.12. The van der Waals surface area contributed by atoms with Crippen molar-refractivity contribution in [3.8, 4) is 23.8 Å². The lowest BCUT2D eigenvalue weighted by Gasteiger charge is -2.31. The summed E-state index contributed by atoms with van der Waals surface area (Å²) in [6, 6.07) is 3.49. The Morgan fingerprint density at radius 3 is 2.38 bits per heavy atom. The molecule has 2 amide bonds. The van der Waals surface area contributed by atoms with Crippen LogP contribution in [-0.2, 0) is 9.59 Å². The molecule has 0 saturated carbocycles. The molecule has 0 unspecified atom stereocenters. The van der Waals surface area contributed by atoms with Gasteiger partial charge in [0.2, 0.25) is 0 Å². The number of amides is 2. The molecule has 1 aromatic carbocycles. The third kappa shape index (κ3) is 3.99. The average Bonchev–Trinajstić information content (AvgIpc) is 2.61. The number of carbonyl (C=O) groups excluding carboxylic acids is 2. The quantitative estimate of drug-likeness (QED) is 0.211. The van der Waals surface area contributed by atoms with E-state index in [-0.39, 0.29) is 17.3 Å². The van der Waals surface area contributed by atoms with Gasteiger partial charge in [-0.25, -0.2) is 0 Å². The Morgan fingerprint density at radius 1 is 1.23 bits per heavy atom. The summed E-state index contributed by atoms with van der Waals surface area (Å²) in [6.07, 6.45) is 6.77. The highest BCUT2D eigenvalue weighted by Crippen LogP contribution is 2.35. The first kappa shape index (κ1) is 20.2. The van der Waals surface area contributed by atoms with Gasteiger partial charge < -0.3 is 9.47 Å². The van der Waals surface area contributed by atoms with E-state index >= 15 is 0 Å². The van der Waals surface area contributed by atoms with Crippen molar-refractivity contribution < 1.29 is 19.1 Å². The second kappa shape index (κ2) is 8.51. The summed E-state index contributed by atoms with van der Waals surface area (Å²) in [6.45, 7) is 2.39. The van der Waals surface area contributed by atoms with Gasteiger partial charge in [0.1, 0.15) is 12.2 Å². The van der Waals surface area contributed by atoms with Gasteiger partial charge >= 0.3 is 0 Å². The number of thiocarbonyl (C=S) groups is 1. The third-order valence-electron chi connectivity index (χ3n) is 3.59. The lowest BCUT2D eigenvalue weighted by molar-refractivity contribution is -0.132. The zero-order valence-electron chi connectivity index (χ0n) is 14.5. The fraction of sp³-hybridized carbons (Fsp3) is 0.278. The molecule has 2 rings (SSSR count). The number of terminal acetylenes is 1. The lowest BCUT2D eigenvalue weighted by atomic mass is 10.1. The highest BCUT2D eigenvalue weighted by atomic mass is 127. The number of likely N-dealkylation sites (N-methyl/N-ethyl adjacent to an activating group) is 2. The van der Waals surface area contributed by atoms with Crippen molar-refractivity contribution >= 4 is 57.8 Å². The topological polar surface area (TPSA) is 59.1 Å². The van der Waals surface area contributed by atoms with E-state index in [4.69, 9.17) is 28.1 Å². The van der Waals surface area contributed by atoms with Crippen molar-refractivity contribution in [2.75, 3.05) is 27.3 Å². The zero-order valence-corrected chi connectivity index (χ0v) is 17.5. The molecule has 0 aromatic heterocycles. The number of ether oxygens (including phenoxy) is 2. The summed E-state index contributed by atoms with van der Waals surface area (Å²) in [4.78, 5) is 27.4. The number of carbonyl (C=O) groups is 2. The third-order valence-corrected chi connectivity index (χ3v) is 4.94. The molecule has 0 radical (unpaired) electrons. The lowest BCUT2D eigenvalue weighted by Crippen LogP contribution is -2.52. The number of hydrogen-bond donors (Lipinski definition) is 0. The molecule has 1 heterocycles. The summed E-state index contributed by atoms with van der Waals surface area (Å²) < 4.78 is 11.9. The summed E-state index contributed by atoms with van der Waals surface area (Å²) in [5.74, 6) is 2.55. The van der Waals surface area contributed by atoms with Crippen LogP contribution in [0.1, 0.15) is 12.5 Å². The molecule has 0 spiro atoms. The first-order chi connectivity index (χ1) is 12.3. The van der Waals surface area contributed by atoms with Crippen LogP contribution >= 0.6 is 34.8 Å².